The Morgan fingerprint density at radius 1 is 1.60 bits per heavy atom. The predicted octanol–water partition coefficient (Wildman–Crippen LogP) is 2.33. The van der Waals surface area contributed by atoms with E-state index in [1.807, 2.05) is 0 Å². The van der Waals surface area contributed by atoms with Crippen molar-refractivity contribution < 1.29 is 9.53 Å². The SMILES string of the molecule is C=CC(=O)OC.ClC(Cl)Cl. The Bertz CT molecular complexity index is 100. The average Bonchev–Trinajstić information content (AvgIpc) is 1.85. The fourth-order valence-corrected chi connectivity index (χ4v) is 0.0833. The summed E-state index contributed by atoms with van der Waals surface area (Å²) in [6.07, 6.45) is 1.11. The Hall–Kier alpha value is 0.0800. The number of carbonyl (C=O) groups is 1. The van der Waals surface area contributed by atoms with E-state index in [2.05, 4.69) is 11.3 Å². The molecule has 0 unspecified atom stereocenters. The Kier molecular flexibility index (Phi) is 11.6. The van der Waals surface area contributed by atoms with Crippen LogP contribution in [0.4, 0.5) is 0 Å². The second kappa shape index (κ2) is 9.08. The number of hydrogen-bond donors (Lipinski definition) is 0. The number of carbonyl (C=O) groups excluding carboxylic acids is 1. The number of hydrogen-bond acceptors (Lipinski definition) is 2. The molecule has 0 radical (unpaired) electrons. The van der Waals surface area contributed by atoms with Gasteiger partial charge in [-0.15, -0.1) is 0 Å². The van der Waals surface area contributed by atoms with E-state index in [0.717, 1.165) is 6.08 Å². The number of ether oxygens (including phenoxy) is 1. The van der Waals surface area contributed by atoms with E-state index in [-0.39, 0.29) is 0 Å². The number of rotatable bonds is 1. The molecule has 0 amide bonds. The molecule has 0 aromatic carbocycles. The zero-order valence-corrected chi connectivity index (χ0v) is 7.58. The highest BCUT2D eigenvalue weighted by Gasteiger charge is 1.81. The van der Waals surface area contributed by atoms with Crippen LogP contribution >= 0.6 is 34.8 Å². The van der Waals surface area contributed by atoms with Gasteiger partial charge in [0.05, 0.1) is 7.11 Å². The van der Waals surface area contributed by atoms with Gasteiger partial charge in [-0.2, -0.15) is 0 Å². The molecule has 0 aromatic rings. The lowest BCUT2D eigenvalue weighted by Gasteiger charge is -1.83. The summed E-state index contributed by atoms with van der Waals surface area (Å²) in [5, 5.41) is 0. The van der Waals surface area contributed by atoms with Crippen molar-refractivity contribution in [2.75, 3.05) is 7.11 Å². The predicted molar refractivity (Wildman–Crippen MR) is 43.6 cm³/mol. The first kappa shape index (κ1) is 12.7. The van der Waals surface area contributed by atoms with Crippen LogP contribution in [-0.2, 0) is 9.53 Å². The Morgan fingerprint density at radius 3 is 1.90 bits per heavy atom. The van der Waals surface area contributed by atoms with E-state index in [1.54, 1.807) is 0 Å². The summed E-state index contributed by atoms with van der Waals surface area (Å²) < 4.78 is 3.39. The van der Waals surface area contributed by atoms with Crippen LogP contribution in [0.1, 0.15) is 0 Å². The molecule has 0 rings (SSSR count). The number of halogens is 3. The van der Waals surface area contributed by atoms with Crippen molar-refractivity contribution in [3.63, 3.8) is 0 Å². The first-order valence-electron chi connectivity index (χ1n) is 2.17. The summed E-state index contributed by atoms with van der Waals surface area (Å²) >= 11 is 14.4. The van der Waals surface area contributed by atoms with Gasteiger partial charge in [0, 0.05) is 6.08 Å². The minimum atomic E-state index is -0.750. The maximum Gasteiger partial charge on any atom is 0.329 e. The zero-order valence-electron chi connectivity index (χ0n) is 5.31. The summed E-state index contributed by atoms with van der Waals surface area (Å²) in [7, 11) is 1.31. The second-order valence-corrected chi connectivity index (χ2v) is 2.95. The maximum absolute atomic E-state index is 9.84. The molecule has 0 aliphatic rings. The number of methoxy groups -OCH3 is 1. The summed E-state index contributed by atoms with van der Waals surface area (Å²) in [5.41, 5.74) is 0. The quantitative estimate of drug-likeness (QED) is 0.373. The second-order valence-electron chi connectivity index (χ2n) is 0.975. The van der Waals surface area contributed by atoms with Crippen LogP contribution in [-0.4, -0.2) is 17.4 Å². The lowest BCUT2D eigenvalue weighted by molar-refractivity contribution is -0.134. The molecule has 0 N–H and O–H groups in total. The topological polar surface area (TPSA) is 26.3 Å². The summed E-state index contributed by atoms with van der Waals surface area (Å²) in [5.74, 6) is -0.394. The van der Waals surface area contributed by atoms with E-state index >= 15 is 0 Å². The van der Waals surface area contributed by atoms with Crippen LogP contribution in [0.25, 0.3) is 0 Å². The van der Waals surface area contributed by atoms with Gasteiger partial charge in [0.15, 0.2) is 4.30 Å². The molecule has 0 fully saturated rings. The highest BCUT2D eigenvalue weighted by atomic mass is 35.6. The van der Waals surface area contributed by atoms with Gasteiger partial charge in [-0.25, -0.2) is 4.79 Å². The van der Waals surface area contributed by atoms with Crippen LogP contribution in [0.2, 0.25) is 0 Å². The lowest BCUT2D eigenvalue weighted by Crippen LogP contribution is -1.91. The van der Waals surface area contributed by atoms with Crippen molar-refractivity contribution >= 4 is 40.8 Å². The fraction of sp³-hybridized carbons (Fsp3) is 0.400. The molecule has 0 bridgehead atoms. The monoisotopic (exact) mass is 204 g/mol. The standard InChI is InChI=1S/C4H6O2.CHCl3/c1-3-4(5)6-2;2-1(3)4/h3H,1H2,2H3;1H. The van der Waals surface area contributed by atoms with E-state index < -0.39 is 10.3 Å². The average molecular weight is 205 g/mol. The molecule has 0 saturated heterocycles. The number of alkyl halides is 3. The van der Waals surface area contributed by atoms with Crippen LogP contribution in [0.5, 0.6) is 0 Å². The summed E-state index contributed by atoms with van der Waals surface area (Å²) in [4.78, 5) is 9.84. The highest BCUT2D eigenvalue weighted by Crippen LogP contribution is 2.03. The van der Waals surface area contributed by atoms with Gasteiger partial charge >= 0.3 is 5.97 Å². The van der Waals surface area contributed by atoms with E-state index in [1.165, 1.54) is 7.11 Å². The molecule has 10 heavy (non-hydrogen) atoms. The van der Waals surface area contributed by atoms with Gasteiger partial charge in [-0.1, -0.05) is 41.4 Å². The lowest BCUT2D eigenvalue weighted by atomic mass is 10.7. The highest BCUT2D eigenvalue weighted by molar-refractivity contribution is 6.63. The van der Waals surface area contributed by atoms with Crippen LogP contribution in [0, 0.1) is 0 Å². The third-order valence-corrected chi connectivity index (χ3v) is 0.368. The van der Waals surface area contributed by atoms with E-state index in [0.29, 0.717) is 0 Å². The minimum Gasteiger partial charge on any atom is -0.466 e. The van der Waals surface area contributed by atoms with E-state index in [9.17, 15) is 4.79 Å². The molecule has 0 aliphatic carbocycles. The fourth-order valence-electron chi connectivity index (χ4n) is 0.0833. The molecule has 60 valence electrons. The smallest absolute Gasteiger partial charge is 0.329 e. The van der Waals surface area contributed by atoms with E-state index in [4.69, 9.17) is 34.8 Å². The van der Waals surface area contributed by atoms with Crippen molar-refractivity contribution in [2.24, 2.45) is 0 Å². The van der Waals surface area contributed by atoms with Crippen molar-refractivity contribution in [2.45, 2.75) is 4.30 Å². The largest absolute Gasteiger partial charge is 0.466 e. The van der Waals surface area contributed by atoms with Gasteiger partial charge in [0.25, 0.3) is 0 Å². The van der Waals surface area contributed by atoms with Crippen LogP contribution in [0.15, 0.2) is 12.7 Å². The molecular weight excluding hydrogens is 198 g/mol. The molecule has 0 spiro atoms. The molecule has 0 aromatic heterocycles. The molecule has 0 saturated carbocycles. The third kappa shape index (κ3) is 24.3. The number of esters is 1. The van der Waals surface area contributed by atoms with Gasteiger partial charge in [0.2, 0.25) is 0 Å². The van der Waals surface area contributed by atoms with Crippen molar-refractivity contribution in [1.29, 1.82) is 0 Å². The Balaban J connectivity index is 0. The zero-order chi connectivity index (χ0) is 8.57. The minimum absolute atomic E-state index is 0.394. The first-order valence-corrected chi connectivity index (χ1v) is 3.48. The third-order valence-electron chi connectivity index (χ3n) is 0.368. The van der Waals surface area contributed by atoms with Crippen LogP contribution in [0.3, 0.4) is 0 Å². The molecule has 0 aliphatic heterocycles. The molecule has 0 atom stereocenters. The summed E-state index contributed by atoms with van der Waals surface area (Å²) in [6, 6.07) is 0. The molecule has 5 heteroatoms. The van der Waals surface area contributed by atoms with Crippen molar-refractivity contribution in [3.05, 3.63) is 12.7 Å². The molecule has 0 heterocycles. The van der Waals surface area contributed by atoms with Gasteiger partial charge in [0.1, 0.15) is 0 Å². The molecular formula is C5H7Cl3O2. The maximum atomic E-state index is 9.84. The Morgan fingerprint density at radius 2 is 1.90 bits per heavy atom. The van der Waals surface area contributed by atoms with Crippen molar-refractivity contribution in [3.8, 4) is 0 Å². The van der Waals surface area contributed by atoms with Crippen LogP contribution < -0.4 is 0 Å². The van der Waals surface area contributed by atoms with Gasteiger partial charge < -0.3 is 4.74 Å². The molecule has 2 nitrogen and oxygen atoms in total. The van der Waals surface area contributed by atoms with Crippen molar-refractivity contribution in [1.82, 2.24) is 0 Å². The summed E-state index contributed by atoms with van der Waals surface area (Å²) in [6.45, 7) is 3.16. The normalized spacial score (nSPS) is 7.70. The van der Waals surface area contributed by atoms with Gasteiger partial charge in [-0.3, -0.25) is 0 Å². The Labute approximate surface area is 74.7 Å². The first-order chi connectivity index (χ1) is 4.54. The van der Waals surface area contributed by atoms with Gasteiger partial charge in [-0.05, 0) is 0 Å².